The Labute approximate surface area is 143 Å². The molecule has 1 heterocycles. The standard InChI is InChI=1S/C17H28N4O3/c1-11(2)17(7,10-20-15(23)24-16(4,5)6)21-14(22)13-9-18-12(3)8-19-13/h8-9,11H,10H2,1-7H3,(H,20,23)(H,21,22). The fourth-order valence-corrected chi connectivity index (χ4v) is 1.80. The number of aromatic nitrogens is 2. The van der Waals surface area contributed by atoms with Crippen LogP contribution < -0.4 is 10.6 Å². The zero-order valence-electron chi connectivity index (χ0n) is 15.6. The van der Waals surface area contributed by atoms with Crippen LogP contribution in [-0.2, 0) is 4.74 Å². The molecule has 1 unspecified atom stereocenters. The molecule has 0 saturated heterocycles. The van der Waals surface area contributed by atoms with Crippen molar-refractivity contribution >= 4 is 12.0 Å². The number of carbonyl (C=O) groups excluding carboxylic acids is 2. The van der Waals surface area contributed by atoms with E-state index < -0.39 is 17.2 Å². The smallest absolute Gasteiger partial charge is 0.407 e. The van der Waals surface area contributed by atoms with E-state index in [4.69, 9.17) is 4.74 Å². The summed E-state index contributed by atoms with van der Waals surface area (Å²) in [6.45, 7) is 13.2. The largest absolute Gasteiger partial charge is 0.444 e. The number of nitrogens with zero attached hydrogens (tertiary/aromatic N) is 2. The lowest BCUT2D eigenvalue weighted by Crippen LogP contribution is -2.57. The Balaban J connectivity index is 2.75. The molecule has 0 aromatic carbocycles. The van der Waals surface area contributed by atoms with E-state index in [9.17, 15) is 9.59 Å². The predicted molar refractivity (Wildman–Crippen MR) is 91.7 cm³/mol. The minimum Gasteiger partial charge on any atom is -0.444 e. The summed E-state index contributed by atoms with van der Waals surface area (Å²) in [5, 5.41) is 5.65. The maximum absolute atomic E-state index is 12.4. The van der Waals surface area contributed by atoms with Crippen molar-refractivity contribution in [3.05, 3.63) is 23.8 Å². The maximum Gasteiger partial charge on any atom is 0.407 e. The molecular formula is C17H28N4O3. The van der Waals surface area contributed by atoms with Crippen molar-refractivity contribution in [3.8, 4) is 0 Å². The lowest BCUT2D eigenvalue weighted by atomic mass is 9.88. The number of amides is 2. The predicted octanol–water partition coefficient (Wildman–Crippen LogP) is 2.45. The van der Waals surface area contributed by atoms with Gasteiger partial charge >= 0.3 is 6.09 Å². The molecule has 7 heteroatoms. The SMILES string of the molecule is Cc1cnc(C(=O)NC(C)(CNC(=O)OC(C)(C)C)C(C)C)cn1. The van der Waals surface area contributed by atoms with Crippen LogP contribution in [0.1, 0.15) is 57.7 Å². The summed E-state index contributed by atoms with van der Waals surface area (Å²) >= 11 is 0. The Morgan fingerprint density at radius 1 is 1.17 bits per heavy atom. The molecule has 0 aliphatic rings. The molecule has 134 valence electrons. The zero-order valence-corrected chi connectivity index (χ0v) is 15.6. The second-order valence-corrected chi connectivity index (χ2v) is 7.42. The topological polar surface area (TPSA) is 93.2 Å². The number of carbonyl (C=O) groups is 2. The number of rotatable bonds is 5. The van der Waals surface area contributed by atoms with E-state index in [0.29, 0.717) is 0 Å². The van der Waals surface area contributed by atoms with Crippen molar-refractivity contribution in [2.45, 2.75) is 59.6 Å². The molecule has 1 atom stereocenters. The summed E-state index contributed by atoms with van der Waals surface area (Å²) in [6.07, 6.45) is 2.46. The Bertz CT molecular complexity index is 578. The highest BCUT2D eigenvalue weighted by molar-refractivity contribution is 5.92. The summed E-state index contributed by atoms with van der Waals surface area (Å²) in [6, 6.07) is 0. The van der Waals surface area contributed by atoms with Gasteiger partial charge in [0.25, 0.3) is 5.91 Å². The van der Waals surface area contributed by atoms with Gasteiger partial charge in [0.2, 0.25) is 0 Å². The number of hydrogen-bond acceptors (Lipinski definition) is 5. The number of hydrogen-bond donors (Lipinski definition) is 2. The minimum atomic E-state index is -0.652. The second kappa shape index (κ2) is 7.59. The van der Waals surface area contributed by atoms with Crippen LogP contribution in [0.5, 0.6) is 0 Å². The molecule has 0 saturated carbocycles. The Morgan fingerprint density at radius 3 is 2.25 bits per heavy atom. The molecule has 2 amide bonds. The van der Waals surface area contributed by atoms with Crippen molar-refractivity contribution in [2.75, 3.05) is 6.54 Å². The van der Waals surface area contributed by atoms with Crippen LogP contribution in [0.2, 0.25) is 0 Å². The van der Waals surface area contributed by atoms with Crippen LogP contribution in [0.4, 0.5) is 4.79 Å². The highest BCUT2D eigenvalue weighted by Crippen LogP contribution is 2.17. The van der Waals surface area contributed by atoms with Crippen molar-refractivity contribution in [1.29, 1.82) is 0 Å². The number of ether oxygens (including phenoxy) is 1. The lowest BCUT2D eigenvalue weighted by Gasteiger charge is -2.35. The van der Waals surface area contributed by atoms with E-state index in [-0.39, 0.29) is 24.1 Å². The molecule has 0 fully saturated rings. The minimum absolute atomic E-state index is 0.0785. The first kappa shape index (κ1) is 19.9. The Hall–Kier alpha value is -2.18. The van der Waals surface area contributed by atoms with Gasteiger partial charge in [0.05, 0.1) is 17.4 Å². The van der Waals surface area contributed by atoms with E-state index >= 15 is 0 Å². The van der Waals surface area contributed by atoms with Crippen LogP contribution in [0.25, 0.3) is 0 Å². The van der Waals surface area contributed by atoms with Crippen LogP contribution >= 0.6 is 0 Å². The Morgan fingerprint density at radius 2 is 1.79 bits per heavy atom. The molecule has 0 aliphatic carbocycles. The van der Waals surface area contributed by atoms with Crippen molar-refractivity contribution < 1.29 is 14.3 Å². The molecule has 1 aromatic rings. The fraction of sp³-hybridized carbons (Fsp3) is 0.647. The highest BCUT2D eigenvalue weighted by atomic mass is 16.6. The molecule has 0 aliphatic heterocycles. The van der Waals surface area contributed by atoms with E-state index in [0.717, 1.165) is 5.69 Å². The van der Waals surface area contributed by atoms with Gasteiger partial charge in [-0.05, 0) is 40.5 Å². The molecule has 7 nitrogen and oxygen atoms in total. The van der Waals surface area contributed by atoms with Gasteiger partial charge in [-0.3, -0.25) is 9.78 Å². The number of aryl methyl sites for hydroxylation is 1. The van der Waals surface area contributed by atoms with Crippen LogP contribution in [0.15, 0.2) is 12.4 Å². The van der Waals surface area contributed by atoms with Crippen LogP contribution in [-0.4, -0.2) is 39.7 Å². The first-order valence-corrected chi connectivity index (χ1v) is 8.01. The highest BCUT2D eigenvalue weighted by Gasteiger charge is 2.32. The van der Waals surface area contributed by atoms with Crippen molar-refractivity contribution in [3.63, 3.8) is 0 Å². The van der Waals surface area contributed by atoms with Gasteiger partial charge < -0.3 is 15.4 Å². The number of nitrogens with one attached hydrogen (secondary N) is 2. The average molecular weight is 336 g/mol. The van der Waals surface area contributed by atoms with Gasteiger partial charge in [0, 0.05) is 12.7 Å². The molecule has 2 N–H and O–H groups in total. The third-order valence-corrected chi connectivity index (χ3v) is 3.69. The maximum atomic E-state index is 12.4. The summed E-state index contributed by atoms with van der Waals surface area (Å²) in [7, 11) is 0. The molecule has 1 rings (SSSR count). The summed E-state index contributed by atoms with van der Waals surface area (Å²) in [4.78, 5) is 32.4. The molecule has 1 aromatic heterocycles. The van der Waals surface area contributed by atoms with Gasteiger partial charge in [-0.15, -0.1) is 0 Å². The summed E-state index contributed by atoms with van der Waals surface area (Å²) in [5.41, 5.74) is -0.242. The molecule has 0 radical (unpaired) electrons. The Kier molecular flexibility index (Phi) is 6.29. The monoisotopic (exact) mass is 336 g/mol. The van der Waals surface area contributed by atoms with E-state index in [2.05, 4.69) is 20.6 Å². The quantitative estimate of drug-likeness (QED) is 0.861. The van der Waals surface area contributed by atoms with Crippen LogP contribution in [0, 0.1) is 12.8 Å². The molecular weight excluding hydrogens is 308 g/mol. The molecule has 24 heavy (non-hydrogen) atoms. The summed E-state index contributed by atoms with van der Waals surface area (Å²) in [5.74, 6) is -0.250. The second-order valence-electron chi connectivity index (χ2n) is 7.42. The van der Waals surface area contributed by atoms with Crippen molar-refractivity contribution in [2.24, 2.45) is 5.92 Å². The van der Waals surface area contributed by atoms with Gasteiger partial charge in [0.1, 0.15) is 11.3 Å². The normalized spacial score (nSPS) is 14.0. The van der Waals surface area contributed by atoms with Gasteiger partial charge in [-0.2, -0.15) is 0 Å². The summed E-state index contributed by atoms with van der Waals surface area (Å²) < 4.78 is 5.23. The lowest BCUT2D eigenvalue weighted by molar-refractivity contribution is 0.0497. The zero-order chi connectivity index (χ0) is 18.5. The van der Waals surface area contributed by atoms with Gasteiger partial charge in [-0.1, -0.05) is 13.8 Å². The molecule has 0 spiro atoms. The van der Waals surface area contributed by atoms with E-state index in [1.165, 1.54) is 6.20 Å². The fourth-order valence-electron chi connectivity index (χ4n) is 1.80. The third-order valence-electron chi connectivity index (χ3n) is 3.69. The first-order valence-electron chi connectivity index (χ1n) is 8.01. The van der Waals surface area contributed by atoms with Crippen molar-refractivity contribution in [1.82, 2.24) is 20.6 Å². The van der Waals surface area contributed by atoms with Gasteiger partial charge in [0.15, 0.2) is 0 Å². The van der Waals surface area contributed by atoms with Gasteiger partial charge in [-0.25, -0.2) is 9.78 Å². The van der Waals surface area contributed by atoms with E-state index in [1.807, 2.05) is 20.8 Å². The third kappa shape index (κ3) is 6.14. The van der Waals surface area contributed by atoms with E-state index in [1.54, 1.807) is 33.9 Å². The average Bonchev–Trinajstić information content (AvgIpc) is 2.44. The first-order chi connectivity index (χ1) is 10.9. The molecule has 0 bridgehead atoms. The van der Waals surface area contributed by atoms with Crippen LogP contribution in [0.3, 0.4) is 0 Å². The number of alkyl carbamates (subject to hydrolysis) is 1.